The Hall–Kier alpha value is -1.67. The Bertz CT molecular complexity index is 926. The quantitative estimate of drug-likeness (QED) is 0.488. The summed E-state index contributed by atoms with van der Waals surface area (Å²) in [7, 11) is 0. The van der Waals surface area contributed by atoms with Gasteiger partial charge in [0.1, 0.15) is 4.83 Å². The lowest BCUT2D eigenvalue weighted by Gasteiger charge is -2.11. The third-order valence-corrected chi connectivity index (χ3v) is 5.94. The van der Waals surface area contributed by atoms with Crippen LogP contribution in [0.1, 0.15) is 42.0 Å². The number of unbranched alkanes of at least 4 members (excludes halogenated alkanes) is 1. The number of thioether (sulfide) groups is 1. The second kappa shape index (κ2) is 7.06. The summed E-state index contributed by atoms with van der Waals surface area (Å²) in [5, 5.41) is 9.32. The highest BCUT2D eigenvalue weighted by atomic mass is 32.2. The lowest BCUT2D eigenvalue weighted by Crippen LogP contribution is -2.23. The Morgan fingerprint density at radius 2 is 2.04 bits per heavy atom. The molecule has 0 spiro atoms. The van der Waals surface area contributed by atoms with E-state index in [0.29, 0.717) is 24.1 Å². The van der Waals surface area contributed by atoms with Gasteiger partial charge in [0.25, 0.3) is 5.56 Å². The zero-order valence-electron chi connectivity index (χ0n) is 14.3. The van der Waals surface area contributed by atoms with E-state index in [2.05, 4.69) is 17.1 Å². The lowest BCUT2D eigenvalue weighted by molar-refractivity contribution is 0.485. The number of aryl methyl sites for hydroxylation is 3. The summed E-state index contributed by atoms with van der Waals surface area (Å²) in [4.78, 5) is 19.7. The largest absolute Gasteiger partial charge is 0.425 e. The highest BCUT2D eigenvalue weighted by Gasteiger charge is 2.17. The van der Waals surface area contributed by atoms with Gasteiger partial charge in [-0.3, -0.25) is 9.36 Å². The van der Waals surface area contributed by atoms with Crippen molar-refractivity contribution in [1.29, 1.82) is 0 Å². The van der Waals surface area contributed by atoms with Crippen LogP contribution in [-0.2, 0) is 12.3 Å². The van der Waals surface area contributed by atoms with Crippen molar-refractivity contribution in [3.8, 4) is 0 Å². The normalized spacial score (nSPS) is 11.5. The van der Waals surface area contributed by atoms with E-state index in [9.17, 15) is 4.79 Å². The smallest absolute Gasteiger partial charge is 0.263 e. The molecule has 3 aromatic heterocycles. The molecule has 0 unspecified atom stereocenters. The highest BCUT2D eigenvalue weighted by molar-refractivity contribution is 7.98. The average Bonchev–Trinajstić information content (AvgIpc) is 3.08. The van der Waals surface area contributed by atoms with Crippen molar-refractivity contribution in [2.75, 3.05) is 0 Å². The van der Waals surface area contributed by atoms with Crippen LogP contribution in [-0.4, -0.2) is 19.7 Å². The first-order valence-corrected chi connectivity index (χ1v) is 9.73. The molecule has 0 aliphatic carbocycles. The van der Waals surface area contributed by atoms with E-state index in [-0.39, 0.29) is 5.56 Å². The first-order chi connectivity index (χ1) is 11.5. The van der Waals surface area contributed by atoms with Crippen LogP contribution in [0, 0.1) is 20.8 Å². The summed E-state index contributed by atoms with van der Waals surface area (Å²) < 4.78 is 7.20. The number of hydrogen-bond donors (Lipinski definition) is 0. The first-order valence-electron chi connectivity index (χ1n) is 7.93. The van der Waals surface area contributed by atoms with E-state index >= 15 is 0 Å². The summed E-state index contributed by atoms with van der Waals surface area (Å²) in [5.41, 5.74) is 1.10. The van der Waals surface area contributed by atoms with Gasteiger partial charge in [-0.15, -0.1) is 21.5 Å². The highest BCUT2D eigenvalue weighted by Crippen LogP contribution is 2.29. The van der Waals surface area contributed by atoms with E-state index < -0.39 is 0 Å². The Morgan fingerprint density at radius 3 is 2.71 bits per heavy atom. The monoisotopic (exact) mass is 364 g/mol. The molecule has 3 aromatic rings. The molecule has 0 fully saturated rings. The summed E-state index contributed by atoms with van der Waals surface area (Å²) in [6, 6.07) is 0. The third kappa shape index (κ3) is 3.25. The summed E-state index contributed by atoms with van der Waals surface area (Å²) in [6.07, 6.45) is 1.97. The molecule has 0 aliphatic rings. The number of aromatic nitrogens is 4. The Labute approximate surface area is 148 Å². The van der Waals surface area contributed by atoms with E-state index in [0.717, 1.165) is 38.7 Å². The van der Waals surface area contributed by atoms with Crippen molar-refractivity contribution in [3.05, 3.63) is 32.6 Å². The molecule has 0 amide bonds. The van der Waals surface area contributed by atoms with Crippen LogP contribution in [0.5, 0.6) is 0 Å². The standard InChI is InChI=1S/C16H20N4O2S2/c1-5-6-7-20-15(21)13-9(2)10(3)24-14(13)17-16(20)23-8-12-19-18-11(4)22-12/h5-8H2,1-4H3. The molecular weight excluding hydrogens is 344 g/mol. The number of nitrogens with zero attached hydrogens (tertiary/aromatic N) is 4. The number of rotatable bonds is 6. The fourth-order valence-electron chi connectivity index (χ4n) is 2.45. The molecule has 128 valence electrons. The maximum absolute atomic E-state index is 13.0. The molecule has 0 atom stereocenters. The van der Waals surface area contributed by atoms with Crippen LogP contribution in [0.15, 0.2) is 14.4 Å². The van der Waals surface area contributed by atoms with Gasteiger partial charge >= 0.3 is 0 Å². The second-order valence-electron chi connectivity index (χ2n) is 5.67. The third-order valence-electron chi connectivity index (χ3n) is 3.88. The molecule has 6 nitrogen and oxygen atoms in total. The van der Waals surface area contributed by atoms with Gasteiger partial charge in [-0.2, -0.15) is 0 Å². The van der Waals surface area contributed by atoms with Gasteiger partial charge in [-0.1, -0.05) is 25.1 Å². The average molecular weight is 364 g/mol. The summed E-state index contributed by atoms with van der Waals surface area (Å²) in [6.45, 7) is 8.59. The van der Waals surface area contributed by atoms with Gasteiger partial charge in [0.2, 0.25) is 11.8 Å². The van der Waals surface area contributed by atoms with Crippen molar-refractivity contribution in [2.45, 2.75) is 58.0 Å². The van der Waals surface area contributed by atoms with E-state index in [4.69, 9.17) is 9.40 Å². The van der Waals surface area contributed by atoms with Gasteiger partial charge in [-0.05, 0) is 25.8 Å². The molecule has 0 N–H and O–H groups in total. The Kier molecular flexibility index (Phi) is 5.05. The number of thiophene rings is 1. The van der Waals surface area contributed by atoms with Crippen molar-refractivity contribution in [3.63, 3.8) is 0 Å². The second-order valence-corrected chi connectivity index (χ2v) is 7.82. The molecule has 0 saturated carbocycles. The van der Waals surface area contributed by atoms with Gasteiger partial charge in [-0.25, -0.2) is 4.98 Å². The zero-order valence-corrected chi connectivity index (χ0v) is 15.9. The van der Waals surface area contributed by atoms with Gasteiger partial charge in [0.15, 0.2) is 5.16 Å². The van der Waals surface area contributed by atoms with Crippen LogP contribution in [0.4, 0.5) is 0 Å². The molecule has 0 aliphatic heterocycles. The molecule has 0 aromatic carbocycles. The van der Waals surface area contributed by atoms with Crippen molar-refractivity contribution < 1.29 is 4.42 Å². The minimum atomic E-state index is 0.0551. The van der Waals surface area contributed by atoms with E-state index in [1.165, 1.54) is 11.8 Å². The molecular formula is C16H20N4O2S2. The van der Waals surface area contributed by atoms with Gasteiger partial charge < -0.3 is 4.42 Å². The fourth-order valence-corrected chi connectivity index (χ4v) is 4.39. The van der Waals surface area contributed by atoms with Crippen LogP contribution >= 0.6 is 23.1 Å². The molecule has 0 bridgehead atoms. The van der Waals surface area contributed by atoms with Gasteiger partial charge in [0, 0.05) is 18.3 Å². The predicted octanol–water partition coefficient (Wildman–Crippen LogP) is 3.86. The Balaban J connectivity index is 2.02. The maximum Gasteiger partial charge on any atom is 0.263 e. The van der Waals surface area contributed by atoms with E-state index in [1.54, 1.807) is 22.8 Å². The van der Waals surface area contributed by atoms with Gasteiger partial charge in [0.05, 0.1) is 11.1 Å². The lowest BCUT2D eigenvalue weighted by atomic mass is 10.2. The first kappa shape index (κ1) is 17.2. The Morgan fingerprint density at radius 1 is 1.25 bits per heavy atom. The minimum Gasteiger partial charge on any atom is -0.425 e. The molecule has 3 heterocycles. The summed E-state index contributed by atoms with van der Waals surface area (Å²) in [5.74, 6) is 1.60. The predicted molar refractivity (Wildman–Crippen MR) is 96.9 cm³/mol. The maximum atomic E-state index is 13.0. The summed E-state index contributed by atoms with van der Waals surface area (Å²) >= 11 is 3.05. The van der Waals surface area contributed by atoms with Crippen LogP contribution < -0.4 is 5.56 Å². The topological polar surface area (TPSA) is 73.8 Å². The molecule has 3 rings (SSSR count). The number of hydrogen-bond acceptors (Lipinski definition) is 7. The molecule has 0 saturated heterocycles. The van der Waals surface area contributed by atoms with Crippen LogP contribution in [0.25, 0.3) is 10.2 Å². The fraction of sp³-hybridized carbons (Fsp3) is 0.500. The minimum absolute atomic E-state index is 0.0551. The van der Waals surface area contributed by atoms with E-state index in [1.807, 2.05) is 13.8 Å². The van der Waals surface area contributed by atoms with Crippen molar-refractivity contribution >= 4 is 33.3 Å². The SMILES string of the molecule is CCCCn1c(SCc2nnc(C)o2)nc2sc(C)c(C)c2c1=O. The zero-order chi connectivity index (χ0) is 17.3. The van der Waals surface area contributed by atoms with Crippen molar-refractivity contribution in [1.82, 2.24) is 19.7 Å². The molecule has 24 heavy (non-hydrogen) atoms. The molecule has 0 radical (unpaired) electrons. The van der Waals surface area contributed by atoms with Crippen LogP contribution in [0.2, 0.25) is 0 Å². The molecule has 8 heteroatoms. The van der Waals surface area contributed by atoms with Crippen molar-refractivity contribution in [2.24, 2.45) is 0 Å². The number of fused-ring (bicyclic) bond motifs is 1. The van der Waals surface area contributed by atoms with Crippen LogP contribution in [0.3, 0.4) is 0 Å².